The first kappa shape index (κ1) is 92.7. The molecule has 0 unspecified atom stereocenters. The molecule has 0 heterocycles. The number of carbonyl (C=O) groups is 1. The van der Waals surface area contributed by atoms with E-state index in [2.05, 4.69) is 0 Å². The molecule has 25 heavy (non-hydrogen) atoms. The standard InChI is InChI=1S/CH2O3.5Ca.5ClH.K.2H3O4P.11H/c2-1(3)4;;;;;;;;;;;;2*1-5(2,3)4;;;;;;;;;;;/h(H2,2,3,4);;;;;;5*1H;;2*(H3,1,2,3,4);;;;;;;;;;;. The average molecular weight is 691 g/mol. The summed E-state index contributed by atoms with van der Waals surface area (Å²) in [5, 5.41) is 13.9. The van der Waals surface area contributed by atoms with E-state index in [1.807, 2.05) is 0 Å². The van der Waals surface area contributed by atoms with Crippen LogP contribution in [0.2, 0.25) is 0 Å². The fraction of sp³-hybridized carbons (Fsp3) is 0. The fourth-order valence-corrected chi connectivity index (χ4v) is 0. The summed E-state index contributed by atoms with van der Waals surface area (Å²) in [7, 11) is -9.28. The molecule has 0 aromatic heterocycles. The maximum atomic E-state index is 8.88. The zero-order valence-electron chi connectivity index (χ0n) is 8.24. The average Bonchev–Trinajstić information content (AvgIpc) is 1.45. The summed E-state index contributed by atoms with van der Waals surface area (Å²) >= 11 is 0. The van der Waals surface area contributed by atoms with Gasteiger partial charge in [0.25, 0.3) is 0 Å². The van der Waals surface area contributed by atoms with Gasteiger partial charge in [-0.05, 0) is 0 Å². The molecule has 0 bridgehead atoms. The Balaban J connectivity index is -0.00000000498. The molecule has 0 spiro atoms. The summed E-state index contributed by atoms with van der Waals surface area (Å²) in [4.78, 5) is 51.7. The SMILES string of the molecule is Cl.Cl.Cl.Cl.Cl.O=C(O)O.O=P(O)(O)O.O=P(O)(O)O.[CaH2].[CaH2].[CaH2].[CaH2].[CaH2].[KH]. The molecule has 0 fully saturated rings. The van der Waals surface area contributed by atoms with E-state index in [1.54, 1.807) is 0 Å². The Bertz CT molecular complexity index is 229. The fourth-order valence-electron chi connectivity index (χ4n) is 0. The van der Waals surface area contributed by atoms with E-state index in [1.165, 1.54) is 0 Å². The third kappa shape index (κ3) is 398. The molecule has 0 atom stereocenters. The van der Waals surface area contributed by atoms with Crippen LogP contribution in [0.5, 0.6) is 0 Å². The van der Waals surface area contributed by atoms with Crippen LogP contribution >= 0.6 is 77.7 Å². The van der Waals surface area contributed by atoms with Gasteiger partial charge in [-0.3, -0.25) is 0 Å². The van der Waals surface area contributed by atoms with Crippen molar-refractivity contribution in [2.75, 3.05) is 0 Å². The molecule has 0 aromatic rings. The summed E-state index contributed by atoms with van der Waals surface area (Å²) in [6.07, 6.45) is -1.83. The van der Waals surface area contributed by atoms with Crippen molar-refractivity contribution in [3.8, 4) is 0 Å². The van der Waals surface area contributed by atoms with E-state index in [-0.39, 0.29) is 302 Å². The van der Waals surface area contributed by atoms with E-state index in [0.717, 1.165) is 0 Å². The van der Waals surface area contributed by atoms with Crippen molar-refractivity contribution >= 4 is 324 Å². The molecule has 0 aliphatic carbocycles. The van der Waals surface area contributed by atoms with Crippen LogP contribution in [0.25, 0.3) is 0 Å². The van der Waals surface area contributed by atoms with Gasteiger partial charge in [-0.15, -0.1) is 62.0 Å². The molecule has 150 valence electrons. The second-order valence-electron chi connectivity index (χ2n) is 1.31. The number of carboxylic acid groups (broad SMARTS) is 2. The summed E-state index contributed by atoms with van der Waals surface area (Å²) in [6, 6.07) is 0. The first-order valence-corrected chi connectivity index (χ1v) is 5.35. The molecule has 8 N–H and O–H groups in total. The molecule has 0 aliphatic rings. The molecule has 0 amide bonds. The first-order chi connectivity index (χ1) is 5.73. The van der Waals surface area contributed by atoms with Crippen LogP contribution < -0.4 is 0 Å². The second-order valence-corrected chi connectivity index (χ2v) is 3.36. The van der Waals surface area contributed by atoms with Crippen LogP contribution in [0, 0.1) is 0 Å². The normalized spacial score (nSPS) is 5.68. The van der Waals surface area contributed by atoms with Crippen molar-refractivity contribution in [2.45, 2.75) is 0 Å². The Morgan fingerprint density at radius 3 is 0.520 bits per heavy atom. The maximum absolute atomic E-state index is 8.88. The van der Waals surface area contributed by atoms with E-state index >= 15 is 0 Å². The monoisotopic (exact) mass is 688 g/mol. The third-order valence-corrected chi connectivity index (χ3v) is 0. The molecule has 24 heteroatoms. The number of phosphoric acid groups is 2. The number of rotatable bonds is 0. The van der Waals surface area contributed by atoms with Crippen molar-refractivity contribution in [3.63, 3.8) is 0 Å². The summed E-state index contributed by atoms with van der Waals surface area (Å²) in [5.74, 6) is 0. The van der Waals surface area contributed by atoms with E-state index in [4.69, 9.17) is 53.5 Å². The van der Waals surface area contributed by atoms with Gasteiger partial charge in [0.2, 0.25) is 0 Å². The van der Waals surface area contributed by atoms with Crippen LogP contribution in [-0.2, 0) is 9.13 Å². The van der Waals surface area contributed by atoms with E-state index in [0.29, 0.717) is 0 Å². The Morgan fingerprint density at radius 2 is 0.520 bits per heavy atom. The number of halogens is 5. The van der Waals surface area contributed by atoms with Crippen molar-refractivity contribution in [3.05, 3.63) is 0 Å². The third-order valence-electron chi connectivity index (χ3n) is 0. The van der Waals surface area contributed by atoms with Crippen molar-refractivity contribution in [2.24, 2.45) is 0 Å². The summed E-state index contributed by atoms with van der Waals surface area (Å²) < 4.78 is 17.8. The number of hydrogen-bond donors (Lipinski definition) is 8. The molecular formula is CH24Ca5Cl5KO11P2. The molecule has 0 radical (unpaired) electrons. The molecule has 0 saturated carbocycles. The molecular weight excluding hydrogens is 667 g/mol. The quantitative estimate of drug-likeness (QED) is 0.0893. The molecule has 0 aliphatic heterocycles. The van der Waals surface area contributed by atoms with Crippen molar-refractivity contribution in [1.82, 2.24) is 0 Å². The zero-order valence-corrected chi connectivity index (χ0v) is 14.1. The molecule has 0 saturated heterocycles. The Kier molecular flexibility index (Phi) is 217. The zero-order chi connectivity index (χ0) is 12.6. The Hall–Kier alpha value is 8.88. The van der Waals surface area contributed by atoms with Gasteiger partial charge in [-0.1, -0.05) is 0 Å². The van der Waals surface area contributed by atoms with Gasteiger partial charge in [0.15, 0.2) is 0 Å². The van der Waals surface area contributed by atoms with Crippen LogP contribution in [0.1, 0.15) is 0 Å². The van der Waals surface area contributed by atoms with E-state index in [9.17, 15) is 0 Å². The van der Waals surface area contributed by atoms with Gasteiger partial charge in [-0.25, -0.2) is 13.9 Å². The van der Waals surface area contributed by atoms with Gasteiger partial charge in [0.1, 0.15) is 0 Å². The van der Waals surface area contributed by atoms with Gasteiger partial charge < -0.3 is 39.6 Å². The van der Waals surface area contributed by atoms with Gasteiger partial charge >= 0.3 is 262 Å². The first-order valence-electron chi connectivity index (χ1n) is 2.22. The van der Waals surface area contributed by atoms with Crippen LogP contribution in [0.3, 0.4) is 0 Å². The second kappa shape index (κ2) is 58.6. The van der Waals surface area contributed by atoms with Crippen LogP contribution in [0.4, 0.5) is 4.79 Å². The van der Waals surface area contributed by atoms with Crippen LogP contribution in [0.15, 0.2) is 0 Å². The Labute approximate surface area is 367 Å². The van der Waals surface area contributed by atoms with Gasteiger partial charge in [-0.2, -0.15) is 0 Å². The summed E-state index contributed by atoms with van der Waals surface area (Å²) in [5.41, 5.74) is 0. The van der Waals surface area contributed by atoms with Crippen molar-refractivity contribution in [1.29, 1.82) is 0 Å². The number of hydrogen-bond acceptors (Lipinski definition) is 3. The van der Waals surface area contributed by atoms with Crippen LogP contribution in [-0.4, -0.2) is 286 Å². The Morgan fingerprint density at radius 1 is 0.520 bits per heavy atom. The van der Waals surface area contributed by atoms with E-state index < -0.39 is 21.8 Å². The predicted molar refractivity (Wildman–Crippen MR) is 125 cm³/mol. The predicted octanol–water partition coefficient (Wildman–Crippen LogP) is -4.76. The van der Waals surface area contributed by atoms with Gasteiger partial charge in [0.05, 0.1) is 0 Å². The minimum atomic E-state index is -4.64. The topological polar surface area (TPSA) is 213 Å². The van der Waals surface area contributed by atoms with Gasteiger partial charge in [0, 0.05) is 0 Å². The molecule has 0 rings (SSSR count). The molecule has 11 nitrogen and oxygen atoms in total. The van der Waals surface area contributed by atoms with Crippen molar-refractivity contribution < 1.29 is 53.5 Å². The summed E-state index contributed by atoms with van der Waals surface area (Å²) in [6.45, 7) is 0. The minimum absolute atomic E-state index is 0. The molecule has 0 aromatic carbocycles.